The Morgan fingerprint density at radius 1 is 1.03 bits per heavy atom. The second-order valence-corrected chi connectivity index (χ2v) is 7.39. The van der Waals surface area contributed by atoms with Gasteiger partial charge in [-0.1, -0.05) is 37.3 Å². The lowest BCUT2D eigenvalue weighted by atomic mass is 10.2. The molecule has 0 unspecified atom stereocenters. The van der Waals surface area contributed by atoms with Crippen molar-refractivity contribution in [1.29, 1.82) is 0 Å². The predicted octanol–water partition coefficient (Wildman–Crippen LogP) is 4.34. The maximum Gasteiger partial charge on any atom is 0.272 e. The van der Waals surface area contributed by atoms with Crippen LogP contribution in [-0.4, -0.2) is 39.0 Å². The fraction of sp³-hybridized carbons (Fsp3) is 0.240. The minimum atomic E-state index is -0.133. The van der Waals surface area contributed by atoms with Crippen LogP contribution in [0.4, 0.5) is 0 Å². The van der Waals surface area contributed by atoms with E-state index < -0.39 is 0 Å². The Hall–Kier alpha value is -3.67. The molecule has 2 aromatic carbocycles. The number of ether oxygens (including phenoxy) is 1. The number of aryl methyl sites for hydroxylation is 1. The molecule has 0 spiro atoms. The van der Waals surface area contributed by atoms with Crippen molar-refractivity contribution in [2.75, 3.05) is 13.7 Å². The van der Waals surface area contributed by atoms with Gasteiger partial charge in [0.1, 0.15) is 23.9 Å². The summed E-state index contributed by atoms with van der Waals surface area (Å²) in [5.41, 5.74) is 3.65. The molecule has 31 heavy (non-hydrogen) atoms. The van der Waals surface area contributed by atoms with E-state index in [9.17, 15) is 4.79 Å². The Morgan fingerprint density at radius 2 is 1.81 bits per heavy atom. The highest BCUT2D eigenvalue weighted by Gasteiger charge is 2.17. The molecule has 4 aromatic rings. The summed E-state index contributed by atoms with van der Waals surface area (Å²) < 4.78 is 8.09. The summed E-state index contributed by atoms with van der Waals surface area (Å²) in [6.07, 6.45) is 2.64. The Labute approximate surface area is 182 Å². The van der Waals surface area contributed by atoms with E-state index in [1.54, 1.807) is 30.3 Å². The Bertz CT molecular complexity index is 1150. The minimum absolute atomic E-state index is 0.133. The topological polar surface area (TPSA) is 60.2 Å². The van der Waals surface area contributed by atoms with Crippen LogP contribution in [0.1, 0.15) is 28.8 Å². The summed E-state index contributed by atoms with van der Waals surface area (Å²) in [6.45, 7) is 3.67. The van der Waals surface area contributed by atoms with Crippen molar-refractivity contribution in [1.82, 2.24) is 19.4 Å². The van der Waals surface area contributed by atoms with E-state index in [2.05, 4.69) is 28.6 Å². The number of amides is 1. The number of hydrogen-bond acceptors (Lipinski definition) is 4. The maximum absolute atomic E-state index is 12.7. The summed E-state index contributed by atoms with van der Waals surface area (Å²) in [5.74, 6) is 1.54. The lowest BCUT2D eigenvalue weighted by Crippen LogP contribution is -2.28. The van der Waals surface area contributed by atoms with Crippen LogP contribution in [0.15, 0.2) is 72.9 Å². The second kappa shape index (κ2) is 9.43. The van der Waals surface area contributed by atoms with Gasteiger partial charge in [0.15, 0.2) is 0 Å². The normalized spacial score (nSPS) is 10.9. The van der Waals surface area contributed by atoms with Crippen LogP contribution in [0, 0.1) is 0 Å². The van der Waals surface area contributed by atoms with Gasteiger partial charge in [-0.15, -0.1) is 0 Å². The molecule has 0 saturated heterocycles. The van der Waals surface area contributed by atoms with Crippen LogP contribution in [-0.2, 0) is 19.5 Å². The molecule has 0 saturated carbocycles. The van der Waals surface area contributed by atoms with E-state index in [0.29, 0.717) is 25.4 Å². The first-order chi connectivity index (χ1) is 15.2. The van der Waals surface area contributed by atoms with E-state index >= 15 is 0 Å². The smallest absolute Gasteiger partial charge is 0.272 e. The average molecular weight is 415 g/mol. The van der Waals surface area contributed by atoms with E-state index in [4.69, 9.17) is 9.72 Å². The third-order valence-corrected chi connectivity index (χ3v) is 5.26. The van der Waals surface area contributed by atoms with Crippen LogP contribution in [0.3, 0.4) is 0 Å². The first-order valence-electron chi connectivity index (χ1n) is 10.5. The highest BCUT2D eigenvalue weighted by Crippen LogP contribution is 2.18. The summed E-state index contributed by atoms with van der Waals surface area (Å²) in [4.78, 5) is 23.3. The van der Waals surface area contributed by atoms with Crippen LogP contribution in [0.2, 0.25) is 0 Å². The van der Waals surface area contributed by atoms with Crippen molar-refractivity contribution in [3.8, 4) is 5.75 Å². The number of para-hydroxylation sites is 2. The molecular formula is C25H26N4O2. The van der Waals surface area contributed by atoms with Gasteiger partial charge in [0.2, 0.25) is 0 Å². The molecule has 6 nitrogen and oxygen atoms in total. The minimum Gasteiger partial charge on any atom is -0.492 e. The zero-order chi connectivity index (χ0) is 21.6. The van der Waals surface area contributed by atoms with Crippen molar-refractivity contribution in [2.24, 2.45) is 0 Å². The zero-order valence-electron chi connectivity index (χ0n) is 17.9. The molecule has 0 radical (unpaired) electrons. The molecule has 1 amide bonds. The first kappa shape index (κ1) is 20.6. The zero-order valence-corrected chi connectivity index (χ0v) is 17.9. The molecule has 0 aliphatic heterocycles. The monoisotopic (exact) mass is 414 g/mol. The number of carbonyl (C=O) groups excluding carboxylic acids is 1. The quantitative estimate of drug-likeness (QED) is 0.430. The number of fused-ring (bicyclic) bond motifs is 1. The largest absolute Gasteiger partial charge is 0.492 e. The molecule has 0 aliphatic carbocycles. The van der Waals surface area contributed by atoms with Crippen molar-refractivity contribution >= 4 is 16.9 Å². The number of carbonyl (C=O) groups is 1. The van der Waals surface area contributed by atoms with Crippen molar-refractivity contribution in [3.05, 3.63) is 90.0 Å². The highest BCUT2D eigenvalue weighted by molar-refractivity contribution is 5.92. The van der Waals surface area contributed by atoms with Gasteiger partial charge in [-0.25, -0.2) is 4.98 Å². The summed E-state index contributed by atoms with van der Waals surface area (Å²) in [5, 5.41) is 0. The average Bonchev–Trinajstić information content (AvgIpc) is 3.16. The van der Waals surface area contributed by atoms with Gasteiger partial charge >= 0.3 is 0 Å². The predicted molar refractivity (Wildman–Crippen MR) is 121 cm³/mol. The fourth-order valence-corrected chi connectivity index (χ4v) is 3.54. The number of pyridine rings is 1. The van der Waals surface area contributed by atoms with E-state index in [1.807, 2.05) is 42.5 Å². The molecule has 0 bridgehead atoms. The van der Waals surface area contributed by atoms with Gasteiger partial charge in [-0.2, -0.15) is 0 Å². The molecule has 0 fully saturated rings. The van der Waals surface area contributed by atoms with Gasteiger partial charge < -0.3 is 14.2 Å². The van der Waals surface area contributed by atoms with Gasteiger partial charge in [0, 0.05) is 13.2 Å². The molecular weight excluding hydrogens is 388 g/mol. The highest BCUT2D eigenvalue weighted by atomic mass is 16.5. The van der Waals surface area contributed by atoms with Gasteiger partial charge in [0.05, 0.1) is 24.1 Å². The third-order valence-electron chi connectivity index (χ3n) is 5.26. The first-order valence-corrected chi connectivity index (χ1v) is 10.5. The number of rotatable bonds is 8. The lowest BCUT2D eigenvalue weighted by molar-refractivity contribution is 0.0774. The van der Waals surface area contributed by atoms with E-state index in [0.717, 1.165) is 29.0 Å². The van der Waals surface area contributed by atoms with E-state index in [1.165, 1.54) is 5.56 Å². The summed E-state index contributed by atoms with van der Waals surface area (Å²) >= 11 is 0. The van der Waals surface area contributed by atoms with Crippen molar-refractivity contribution < 1.29 is 9.53 Å². The van der Waals surface area contributed by atoms with Crippen molar-refractivity contribution in [2.45, 2.75) is 26.4 Å². The maximum atomic E-state index is 12.7. The summed E-state index contributed by atoms with van der Waals surface area (Å²) in [6, 6.07) is 21.5. The van der Waals surface area contributed by atoms with Crippen LogP contribution in [0.5, 0.6) is 5.75 Å². The molecule has 0 aliphatic rings. The van der Waals surface area contributed by atoms with E-state index in [-0.39, 0.29) is 5.91 Å². The fourth-order valence-electron chi connectivity index (χ4n) is 3.54. The summed E-state index contributed by atoms with van der Waals surface area (Å²) in [7, 11) is 1.77. The second-order valence-electron chi connectivity index (χ2n) is 7.39. The number of hydrogen-bond donors (Lipinski definition) is 0. The Balaban J connectivity index is 1.50. The third kappa shape index (κ3) is 4.74. The molecule has 2 aromatic heterocycles. The van der Waals surface area contributed by atoms with Gasteiger partial charge in [0.25, 0.3) is 5.91 Å². The molecule has 0 N–H and O–H groups in total. The number of benzene rings is 2. The van der Waals surface area contributed by atoms with Crippen LogP contribution >= 0.6 is 0 Å². The van der Waals surface area contributed by atoms with Gasteiger partial charge in [-0.05, 0) is 48.4 Å². The molecule has 2 heterocycles. The number of aromatic nitrogens is 3. The molecule has 0 atom stereocenters. The van der Waals surface area contributed by atoms with Gasteiger partial charge in [-0.3, -0.25) is 9.78 Å². The molecule has 4 rings (SSSR count). The Kier molecular flexibility index (Phi) is 6.26. The van der Waals surface area contributed by atoms with Crippen LogP contribution in [0.25, 0.3) is 11.0 Å². The van der Waals surface area contributed by atoms with Crippen molar-refractivity contribution in [3.63, 3.8) is 0 Å². The lowest BCUT2D eigenvalue weighted by Gasteiger charge is -2.18. The molecule has 6 heteroatoms. The number of nitrogens with zero attached hydrogens (tertiary/aromatic N) is 4. The Morgan fingerprint density at radius 3 is 2.55 bits per heavy atom. The SMILES string of the molecule is CCc1ccc(OCCn2c(CN(C)C(=O)c3ccccn3)nc3ccccc32)cc1. The number of imidazole rings is 1. The standard InChI is InChI=1S/C25H26N4O2/c1-3-19-11-13-20(14-12-19)31-17-16-29-23-10-5-4-8-21(23)27-24(29)18-28(2)25(30)22-9-6-7-15-26-22/h4-15H,3,16-18H2,1-2H3. The van der Waals surface area contributed by atoms with Crippen LogP contribution < -0.4 is 4.74 Å². The molecule has 158 valence electrons.